The number of carbonyl (C=O) groups excluding carboxylic acids is 2. The summed E-state index contributed by atoms with van der Waals surface area (Å²) in [6.07, 6.45) is 1.14. The lowest BCUT2D eigenvalue weighted by Gasteiger charge is -2.33. The highest BCUT2D eigenvalue weighted by molar-refractivity contribution is 5.78. The van der Waals surface area contributed by atoms with Gasteiger partial charge in [-0.3, -0.25) is 9.59 Å². The molecule has 0 aliphatic carbocycles. The number of amides is 2. The van der Waals surface area contributed by atoms with Crippen molar-refractivity contribution in [3.63, 3.8) is 0 Å². The van der Waals surface area contributed by atoms with Crippen molar-refractivity contribution in [3.05, 3.63) is 29.8 Å². The Labute approximate surface area is 150 Å². The Morgan fingerprint density at radius 2 is 1.88 bits per heavy atom. The van der Waals surface area contributed by atoms with Gasteiger partial charge in [-0.05, 0) is 31.2 Å². The van der Waals surface area contributed by atoms with Crippen LogP contribution in [0.2, 0.25) is 0 Å². The number of carbonyl (C=O) groups is 2. The van der Waals surface area contributed by atoms with E-state index in [2.05, 4.69) is 11.9 Å². The third kappa shape index (κ3) is 6.05. The van der Waals surface area contributed by atoms with Crippen LogP contribution in [0.15, 0.2) is 24.3 Å². The van der Waals surface area contributed by atoms with E-state index in [1.165, 1.54) is 0 Å². The first-order valence-corrected chi connectivity index (χ1v) is 8.84. The van der Waals surface area contributed by atoms with Gasteiger partial charge in [-0.15, -0.1) is 0 Å². The fourth-order valence-corrected chi connectivity index (χ4v) is 2.96. The molecule has 1 aliphatic rings. The average molecular weight is 347 g/mol. The zero-order valence-electron chi connectivity index (χ0n) is 15.5. The highest BCUT2D eigenvalue weighted by Crippen LogP contribution is 2.13. The normalized spacial score (nSPS) is 15.1. The monoisotopic (exact) mass is 347 g/mol. The van der Waals surface area contributed by atoms with Gasteiger partial charge in [0.2, 0.25) is 11.8 Å². The number of hydrogen-bond donors (Lipinski definition) is 0. The molecule has 0 spiro atoms. The van der Waals surface area contributed by atoms with Crippen LogP contribution in [0.1, 0.15) is 18.9 Å². The van der Waals surface area contributed by atoms with Crippen molar-refractivity contribution in [2.75, 3.05) is 53.4 Å². The molecule has 2 rings (SSSR count). The third-order valence-electron chi connectivity index (χ3n) is 4.70. The summed E-state index contributed by atoms with van der Waals surface area (Å²) in [6.45, 7) is 6.03. The van der Waals surface area contributed by atoms with Crippen LogP contribution in [0.3, 0.4) is 0 Å². The van der Waals surface area contributed by atoms with E-state index in [0.29, 0.717) is 19.5 Å². The Morgan fingerprint density at radius 3 is 2.52 bits per heavy atom. The summed E-state index contributed by atoms with van der Waals surface area (Å²) in [4.78, 5) is 30.1. The molecule has 1 aromatic rings. The zero-order chi connectivity index (χ0) is 18.2. The van der Waals surface area contributed by atoms with Crippen LogP contribution < -0.4 is 4.74 Å². The van der Waals surface area contributed by atoms with E-state index in [1.54, 1.807) is 18.9 Å². The first kappa shape index (κ1) is 19.2. The molecule has 1 heterocycles. The number of benzene rings is 1. The molecule has 0 unspecified atom stereocenters. The van der Waals surface area contributed by atoms with Crippen molar-refractivity contribution in [2.45, 2.75) is 19.8 Å². The maximum Gasteiger partial charge on any atom is 0.224 e. The number of nitrogens with zero attached hydrogens (tertiary/aromatic N) is 3. The number of methoxy groups -OCH3 is 1. The van der Waals surface area contributed by atoms with E-state index >= 15 is 0 Å². The van der Waals surface area contributed by atoms with Gasteiger partial charge < -0.3 is 19.4 Å². The van der Waals surface area contributed by atoms with Crippen LogP contribution in [0, 0.1) is 0 Å². The number of ether oxygens (including phenoxy) is 1. The second kappa shape index (κ2) is 9.42. The van der Waals surface area contributed by atoms with Crippen molar-refractivity contribution in [3.8, 4) is 5.75 Å². The third-order valence-corrected chi connectivity index (χ3v) is 4.70. The molecule has 1 saturated heterocycles. The van der Waals surface area contributed by atoms with Gasteiger partial charge in [0.15, 0.2) is 0 Å². The molecule has 0 atom stereocenters. The van der Waals surface area contributed by atoms with E-state index in [-0.39, 0.29) is 11.8 Å². The van der Waals surface area contributed by atoms with Crippen LogP contribution in [0.25, 0.3) is 0 Å². The van der Waals surface area contributed by atoms with Crippen molar-refractivity contribution < 1.29 is 14.3 Å². The predicted molar refractivity (Wildman–Crippen MR) is 97.6 cm³/mol. The molecule has 2 amide bonds. The van der Waals surface area contributed by atoms with E-state index < -0.39 is 0 Å². The molecule has 1 fully saturated rings. The van der Waals surface area contributed by atoms with Crippen molar-refractivity contribution in [1.29, 1.82) is 0 Å². The minimum atomic E-state index is 0.00840. The molecule has 25 heavy (non-hydrogen) atoms. The number of piperazine rings is 1. The fraction of sp³-hybridized carbons (Fsp3) is 0.579. The Balaban J connectivity index is 1.82. The Bertz CT molecular complexity index is 583. The van der Waals surface area contributed by atoms with Gasteiger partial charge in [-0.2, -0.15) is 0 Å². The Kier molecular flexibility index (Phi) is 7.25. The summed E-state index contributed by atoms with van der Waals surface area (Å²) >= 11 is 0. The molecule has 1 aliphatic heterocycles. The van der Waals surface area contributed by atoms with E-state index in [1.807, 2.05) is 29.2 Å². The van der Waals surface area contributed by atoms with Gasteiger partial charge in [0.1, 0.15) is 5.75 Å². The maximum atomic E-state index is 12.3. The summed E-state index contributed by atoms with van der Waals surface area (Å²) in [5.74, 6) is 0.965. The number of rotatable bonds is 7. The van der Waals surface area contributed by atoms with E-state index in [4.69, 9.17) is 4.74 Å². The van der Waals surface area contributed by atoms with Gasteiger partial charge in [0, 0.05) is 52.6 Å². The largest absolute Gasteiger partial charge is 0.497 e. The second-order valence-electron chi connectivity index (χ2n) is 6.54. The van der Waals surface area contributed by atoms with E-state index in [9.17, 15) is 9.59 Å². The predicted octanol–water partition coefficient (Wildman–Crippen LogP) is 1.25. The van der Waals surface area contributed by atoms with Crippen LogP contribution in [0.5, 0.6) is 5.75 Å². The number of hydrogen-bond acceptors (Lipinski definition) is 4. The summed E-state index contributed by atoms with van der Waals surface area (Å²) in [6, 6.07) is 7.86. The second-order valence-corrected chi connectivity index (χ2v) is 6.54. The number of likely N-dealkylation sites (N-methyl/N-ethyl adjacent to an activating group) is 1. The molecular weight excluding hydrogens is 318 g/mol. The van der Waals surface area contributed by atoms with E-state index in [0.717, 1.165) is 43.9 Å². The molecule has 0 saturated carbocycles. The summed E-state index contributed by atoms with van der Waals surface area (Å²) in [5, 5.41) is 0. The molecule has 1 aromatic carbocycles. The van der Waals surface area contributed by atoms with Gasteiger partial charge in [0.25, 0.3) is 0 Å². The Morgan fingerprint density at radius 1 is 1.16 bits per heavy atom. The zero-order valence-corrected chi connectivity index (χ0v) is 15.5. The van der Waals surface area contributed by atoms with Crippen molar-refractivity contribution in [1.82, 2.24) is 14.7 Å². The quantitative estimate of drug-likeness (QED) is 0.745. The highest BCUT2D eigenvalue weighted by atomic mass is 16.5. The van der Waals surface area contributed by atoms with Crippen LogP contribution >= 0.6 is 0 Å². The van der Waals surface area contributed by atoms with Gasteiger partial charge in [0.05, 0.1) is 7.11 Å². The molecule has 0 aromatic heterocycles. The van der Waals surface area contributed by atoms with Crippen LogP contribution in [-0.2, 0) is 16.0 Å². The molecule has 138 valence electrons. The molecule has 6 nitrogen and oxygen atoms in total. The standard InChI is InChI=1S/C19H29N3O3/c1-16(23)21(9-7-17-5-4-6-18(15-17)25-3)10-8-19(24)22-13-11-20(2)12-14-22/h4-6,15H,7-14H2,1-3H3. The van der Waals surface area contributed by atoms with Gasteiger partial charge >= 0.3 is 0 Å². The first-order valence-electron chi connectivity index (χ1n) is 8.84. The molecule has 6 heteroatoms. The molecule has 0 bridgehead atoms. The highest BCUT2D eigenvalue weighted by Gasteiger charge is 2.20. The van der Waals surface area contributed by atoms with Gasteiger partial charge in [-0.25, -0.2) is 0 Å². The average Bonchev–Trinajstić information content (AvgIpc) is 2.62. The van der Waals surface area contributed by atoms with Crippen molar-refractivity contribution in [2.24, 2.45) is 0 Å². The lowest BCUT2D eigenvalue weighted by atomic mass is 10.1. The summed E-state index contributed by atoms with van der Waals surface area (Å²) < 4.78 is 5.23. The summed E-state index contributed by atoms with van der Waals surface area (Å²) in [7, 11) is 3.71. The molecule has 0 radical (unpaired) electrons. The topological polar surface area (TPSA) is 53.1 Å². The fourth-order valence-electron chi connectivity index (χ4n) is 2.96. The SMILES string of the molecule is COc1cccc(CCN(CCC(=O)N2CCN(C)CC2)C(C)=O)c1. The maximum absolute atomic E-state index is 12.3. The lowest BCUT2D eigenvalue weighted by Crippen LogP contribution is -2.48. The summed E-state index contributed by atoms with van der Waals surface area (Å²) in [5.41, 5.74) is 1.12. The minimum Gasteiger partial charge on any atom is -0.497 e. The van der Waals surface area contributed by atoms with Crippen molar-refractivity contribution >= 4 is 11.8 Å². The molecule has 0 N–H and O–H groups in total. The smallest absolute Gasteiger partial charge is 0.224 e. The lowest BCUT2D eigenvalue weighted by molar-refractivity contribution is -0.134. The van der Waals surface area contributed by atoms with Crippen LogP contribution in [-0.4, -0.2) is 79.9 Å². The van der Waals surface area contributed by atoms with Crippen LogP contribution in [0.4, 0.5) is 0 Å². The Hall–Kier alpha value is -2.08. The first-order chi connectivity index (χ1) is 12.0. The minimum absolute atomic E-state index is 0.00840. The molecular formula is C19H29N3O3. The van der Waals surface area contributed by atoms with Gasteiger partial charge in [-0.1, -0.05) is 12.1 Å².